The number of hydrogen-bond donors (Lipinski definition) is 2. The van der Waals surface area contributed by atoms with Crippen molar-refractivity contribution < 1.29 is 9.32 Å². The van der Waals surface area contributed by atoms with Gasteiger partial charge in [-0.2, -0.15) is 0 Å². The van der Waals surface area contributed by atoms with Crippen molar-refractivity contribution in [3.63, 3.8) is 0 Å². The minimum absolute atomic E-state index is 0.106. The molecule has 1 atom stereocenters. The molecule has 21 heavy (non-hydrogen) atoms. The van der Waals surface area contributed by atoms with Gasteiger partial charge in [-0.3, -0.25) is 4.79 Å². The van der Waals surface area contributed by atoms with Crippen LogP contribution in [0.3, 0.4) is 0 Å². The first-order chi connectivity index (χ1) is 10.0. The summed E-state index contributed by atoms with van der Waals surface area (Å²) in [4.78, 5) is 15.4. The smallest absolute Gasteiger partial charge is 0.223 e. The zero-order valence-corrected chi connectivity index (χ0v) is 13.5. The lowest BCUT2D eigenvalue weighted by molar-refractivity contribution is -0.114. The molecular formula is C14H20N4O2S. The van der Waals surface area contributed by atoms with E-state index in [1.54, 1.807) is 0 Å². The van der Waals surface area contributed by atoms with Crippen molar-refractivity contribution in [2.75, 3.05) is 5.32 Å². The van der Waals surface area contributed by atoms with Gasteiger partial charge in [0.2, 0.25) is 5.91 Å². The van der Waals surface area contributed by atoms with E-state index >= 15 is 0 Å². The van der Waals surface area contributed by atoms with Crippen molar-refractivity contribution in [3.05, 3.63) is 28.1 Å². The van der Waals surface area contributed by atoms with Crippen molar-refractivity contribution in [2.45, 2.75) is 46.7 Å². The molecule has 0 saturated heterocycles. The van der Waals surface area contributed by atoms with Crippen molar-refractivity contribution >= 4 is 22.4 Å². The lowest BCUT2D eigenvalue weighted by atomic mass is 10.0. The monoisotopic (exact) mass is 308 g/mol. The number of nitrogens with zero attached hydrogens (tertiary/aromatic N) is 2. The molecule has 2 aromatic rings. The molecule has 0 spiro atoms. The summed E-state index contributed by atoms with van der Waals surface area (Å²) >= 11 is 1.43. The Morgan fingerprint density at radius 2 is 2.24 bits per heavy atom. The molecule has 0 aliphatic heterocycles. The van der Waals surface area contributed by atoms with Crippen LogP contribution in [0.4, 0.5) is 5.13 Å². The topological polar surface area (TPSA) is 80.0 Å². The first kappa shape index (κ1) is 15.7. The van der Waals surface area contributed by atoms with Crippen LogP contribution in [0.5, 0.6) is 0 Å². The van der Waals surface area contributed by atoms with Crippen LogP contribution in [0.2, 0.25) is 0 Å². The van der Waals surface area contributed by atoms with Gasteiger partial charge in [0.1, 0.15) is 5.76 Å². The largest absolute Gasteiger partial charge is 0.361 e. The molecule has 0 fully saturated rings. The third-order valence-electron chi connectivity index (χ3n) is 3.21. The lowest BCUT2D eigenvalue weighted by Crippen LogP contribution is -2.21. The predicted molar refractivity (Wildman–Crippen MR) is 82.3 cm³/mol. The standard InChI is InChI=1S/C14H20N4O2S/c1-5-12(13-8(2)18-20-9(13)3)15-6-11-7-21-14(17-11)16-10(4)19/h7,12,15H,5-6H2,1-4H3,(H,16,17,19)/t12-/m1/s1. The van der Waals surface area contributed by atoms with E-state index in [1.807, 2.05) is 19.2 Å². The van der Waals surface area contributed by atoms with Crippen LogP contribution < -0.4 is 10.6 Å². The number of aromatic nitrogens is 2. The molecule has 1 amide bonds. The fourth-order valence-corrected chi connectivity index (χ4v) is 3.02. The highest BCUT2D eigenvalue weighted by atomic mass is 32.1. The van der Waals surface area contributed by atoms with E-state index < -0.39 is 0 Å². The van der Waals surface area contributed by atoms with Crippen LogP contribution >= 0.6 is 11.3 Å². The van der Waals surface area contributed by atoms with Crippen LogP contribution in [0.25, 0.3) is 0 Å². The average Bonchev–Trinajstić information content (AvgIpc) is 2.99. The van der Waals surface area contributed by atoms with Gasteiger partial charge in [0.25, 0.3) is 0 Å². The second kappa shape index (κ2) is 6.82. The van der Waals surface area contributed by atoms with Gasteiger partial charge in [-0.25, -0.2) is 4.98 Å². The van der Waals surface area contributed by atoms with E-state index in [2.05, 4.69) is 27.7 Å². The normalized spacial score (nSPS) is 12.4. The van der Waals surface area contributed by atoms with Crippen molar-refractivity contribution in [1.29, 1.82) is 0 Å². The molecule has 7 heteroatoms. The number of carbonyl (C=O) groups excluding carboxylic acids is 1. The van der Waals surface area contributed by atoms with E-state index in [-0.39, 0.29) is 11.9 Å². The van der Waals surface area contributed by atoms with Crippen LogP contribution in [-0.2, 0) is 11.3 Å². The number of anilines is 1. The Labute approximate surface area is 127 Å². The summed E-state index contributed by atoms with van der Waals surface area (Å²) in [6, 6.07) is 0.183. The van der Waals surface area contributed by atoms with Crippen LogP contribution in [-0.4, -0.2) is 16.0 Å². The summed E-state index contributed by atoms with van der Waals surface area (Å²) in [6.07, 6.45) is 0.936. The third-order valence-corrected chi connectivity index (χ3v) is 4.02. The Hall–Kier alpha value is -1.73. The van der Waals surface area contributed by atoms with Crippen molar-refractivity contribution in [2.24, 2.45) is 0 Å². The van der Waals surface area contributed by atoms with Crippen LogP contribution in [0, 0.1) is 13.8 Å². The molecule has 0 aliphatic rings. The number of aryl methyl sites for hydroxylation is 2. The second-order valence-electron chi connectivity index (χ2n) is 4.90. The number of amides is 1. The molecule has 0 bridgehead atoms. The van der Waals surface area contributed by atoms with Crippen molar-refractivity contribution in [1.82, 2.24) is 15.5 Å². The molecule has 0 aromatic carbocycles. The number of carbonyl (C=O) groups is 1. The number of nitrogens with one attached hydrogen (secondary N) is 2. The Kier molecular flexibility index (Phi) is 5.08. The number of hydrogen-bond acceptors (Lipinski definition) is 6. The maximum absolute atomic E-state index is 11.0. The van der Waals surface area contributed by atoms with Crippen LogP contribution in [0.15, 0.2) is 9.90 Å². The Morgan fingerprint density at radius 1 is 1.48 bits per heavy atom. The minimum atomic E-state index is -0.106. The van der Waals surface area contributed by atoms with E-state index in [9.17, 15) is 4.79 Å². The summed E-state index contributed by atoms with van der Waals surface area (Å²) in [6.45, 7) is 8.11. The van der Waals surface area contributed by atoms with Gasteiger partial charge in [-0.05, 0) is 20.3 Å². The zero-order valence-electron chi connectivity index (χ0n) is 12.7. The molecule has 2 heterocycles. The molecule has 0 radical (unpaired) electrons. The van der Waals surface area contributed by atoms with E-state index in [0.29, 0.717) is 11.7 Å². The summed E-state index contributed by atoms with van der Waals surface area (Å²) in [5.74, 6) is 0.745. The molecular weight excluding hydrogens is 288 g/mol. The van der Waals surface area contributed by atoms with Crippen LogP contribution in [0.1, 0.15) is 49.0 Å². The predicted octanol–water partition coefficient (Wildman–Crippen LogP) is 2.95. The van der Waals surface area contributed by atoms with Gasteiger partial charge < -0.3 is 15.2 Å². The molecule has 0 saturated carbocycles. The molecule has 114 valence electrons. The molecule has 2 aromatic heterocycles. The van der Waals surface area contributed by atoms with E-state index in [1.165, 1.54) is 18.3 Å². The maximum atomic E-state index is 11.0. The molecule has 0 aliphatic carbocycles. The number of thiazole rings is 1. The molecule has 2 N–H and O–H groups in total. The summed E-state index contributed by atoms with van der Waals surface area (Å²) < 4.78 is 5.23. The van der Waals surface area contributed by atoms with E-state index in [0.717, 1.165) is 29.1 Å². The van der Waals surface area contributed by atoms with Gasteiger partial charge in [0.05, 0.1) is 11.4 Å². The SMILES string of the molecule is CC[C@@H](NCc1csc(NC(C)=O)n1)c1c(C)noc1C. The quantitative estimate of drug-likeness (QED) is 0.857. The highest BCUT2D eigenvalue weighted by molar-refractivity contribution is 7.13. The summed E-state index contributed by atoms with van der Waals surface area (Å²) in [5.41, 5.74) is 2.95. The maximum Gasteiger partial charge on any atom is 0.223 e. The van der Waals surface area contributed by atoms with Crippen molar-refractivity contribution in [3.8, 4) is 0 Å². The van der Waals surface area contributed by atoms with Gasteiger partial charge in [-0.15, -0.1) is 11.3 Å². The average molecular weight is 308 g/mol. The summed E-state index contributed by atoms with van der Waals surface area (Å²) in [5, 5.41) is 12.7. The summed E-state index contributed by atoms with van der Waals surface area (Å²) in [7, 11) is 0. The Balaban J connectivity index is 2.00. The molecule has 6 nitrogen and oxygen atoms in total. The highest BCUT2D eigenvalue weighted by Crippen LogP contribution is 2.24. The Morgan fingerprint density at radius 3 is 2.81 bits per heavy atom. The van der Waals surface area contributed by atoms with E-state index in [4.69, 9.17) is 4.52 Å². The lowest BCUT2D eigenvalue weighted by Gasteiger charge is -2.16. The number of rotatable bonds is 6. The first-order valence-electron chi connectivity index (χ1n) is 6.89. The van der Waals surface area contributed by atoms with Gasteiger partial charge in [-0.1, -0.05) is 12.1 Å². The zero-order chi connectivity index (χ0) is 15.4. The van der Waals surface area contributed by atoms with Gasteiger partial charge in [0, 0.05) is 30.5 Å². The fourth-order valence-electron chi connectivity index (χ4n) is 2.26. The third kappa shape index (κ3) is 3.89. The second-order valence-corrected chi connectivity index (χ2v) is 5.76. The minimum Gasteiger partial charge on any atom is -0.361 e. The van der Waals surface area contributed by atoms with Gasteiger partial charge in [0.15, 0.2) is 5.13 Å². The highest BCUT2D eigenvalue weighted by Gasteiger charge is 2.18. The fraction of sp³-hybridized carbons (Fsp3) is 0.500. The molecule has 2 rings (SSSR count). The van der Waals surface area contributed by atoms with Gasteiger partial charge >= 0.3 is 0 Å². The molecule has 0 unspecified atom stereocenters. The first-order valence-corrected chi connectivity index (χ1v) is 7.77. The Bertz CT molecular complexity index is 601.